The molecule has 10 heteroatoms. The van der Waals surface area contributed by atoms with Crippen LogP contribution >= 0.6 is 0 Å². The van der Waals surface area contributed by atoms with Gasteiger partial charge in [0.2, 0.25) is 0 Å². The van der Waals surface area contributed by atoms with Gasteiger partial charge in [-0.3, -0.25) is 0 Å². The van der Waals surface area contributed by atoms with Gasteiger partial charge in [0.15, 0.2) is 23.3 Å². The lowest BCUT2D eigenvalue weighted by molar-refractivity contribution is 0.302. The molecule has 0 aliphatic heterocycles. The van der Waals surface area contributed by atoms with Crippen molar-refractivity contribution in [2.24, 2.45) is 7.05 Å². The summed E-state index contributed by atoms with van der Waals surface area (Å²) in [7, 11) is 1.48. The van der Waals surface area contributed by atoms with E-state index in [1.165, 1.54) is 25.2 Å². The van der Waals surface area contributed by atoms with Crippen molar-refractivity contribution < 1.29 is 22.3 Å². The van der Waals surface area contributed by atoms with Crippen molar-refractivity contribution in [1.29, 1.82) is 0 Å². The second-order valence-corrected chi connectivity index (χ2v) is 7.48. The van der Waals surface area contributed by atoms with E-state index in [4.69, 9.17) is 4.74 Å². The molecule has 0 amide bonds. The van der Waals surface area contributed by atoms with E-state index in [0.29, 0.717) is 22.6 Å². The first-order valence-electron chi connectivity index (χ1n) is 9.83. The fourth-order valence-corrected chi connectivity index (χ4v) is 3.48. The van der Waals surface area contributed by atoms with Crippen LogP contribution in [0.1, 0.15) is 16.7 Å². The minimum absolute atomic E-state index is 0.0315. The number of benzene rings is 3. The SMILES string of the molecule is Cc1cc(-c2c(F)c(F)cc(F)c2F)ccc1OCc1c(C)cccc1-n1nnn(C)c1=O. The Labute approximate surface area is 185 Å². The fraction of sp³-hybridized carbons (Fsp3) is 0.174. The average molecular weight is 458 g/mol. The molecule has 0 saturated carbocycles. The molecule has 0 saturated heterocycles. The Balaban J connectivity index is 1.66. The summed E-state index contributed by atoms with van der Waals surface area (Å²) in [5.41, 5.74) is 1.28. The maximum absolute atomic E-state index is 14.2. The van der Waals surface area contributed by atoms with Crippen LogP contribution in [0.25, 0.3) is 16.8 Å². The largest absolute Gasteiger partial charge is 0.489 e. The number of aryl methyl sites for hydroxylation is 3. The summed E-state index contributed by atoms with van der Waals surface area (Å²) >= 11 is 0. The summed E-state index contributed by atoms with van der Waals surface area (Å²) in [6, 6.07) is 9.65. The summed E-state index contributed by atoms with van der Waals surface area (Å²) in [6.45, 7) is 3.54. The lowest BCUT2D eigenvalue weighted by atomic mass is 10.0. The molecule has 6 nitrogen and oxygen atoms in total. The van der Waals surface area contributed by atoms with Gasteiger partial charge >= 0.3 is 5.69 Å². The molecule has 0 atom stereocenters. The van der Waals surface area contributed by atoms with Crippen molar-refractivity contribution in [1.82, 2.24) is 19.8 Å². The molecule has 0 unspecified atom stereocenters. The zero-order chi connectivity index (χ0) is 23.9. The highest BCUT2D eigenvalue weighted by Crippen LogP contribution is 2.33. The Bertz CT molecular complexity index is 1400. The number of ether oxygens (including phenoxy) is 1. The Morgan fingerprint density at radius 1 is 0.909 bits per heavy atom. The van der Waals surface area contributed by atoms with Crippen molar-refractivity contribution in [3.05, 3.63) is 92.9 Å². The second kappa shape index (κ2) is 8.53. The van der Waals surface area contributed by atoms with Crippen LogP contribution in [0.3, 0.4) is 0 Å². The number of halogens is 4. The van der Waals surface area contributed by atoms with E-state index >= 15 is 0 Å². The summed E-state index contributed by atoms with van der Waals surface area (Å²) in [6.07, 6.45) is 0. The minimum atomic E-state index is -1.48. The first-order chi connectivity index (χ1) is 15.7. The van der Waals surface area contributed by atoms with Gasteiger partial charge in [-0.1, -0.05) is 18.2 Å². The van der Waals surface area contributed by atoms with Gasteiger partial charge in [0.1, 0.15) is 12.4 Å². The maximum Gasteiger partial charge on any atom is 0.368 e. The molecule has 0 aliphatic carbocycles. The van der Waals surface area contributed by atoms with Crippen LogP contribution in [-0.4, -0.2) is 19.8 Å². The number of aromatic nitrogens is 4. The standard InChI is InChI=1S/C23H18F4N4O2/c1-12-5-4-6-18(31-23(32)30(3)28-29-31)15(12)11-33-19-8-7-14(9-13(19)2)20-21(26)16(24)10-17(25)22(20)27/h4-10H,11H2,1-3H3. The predicted octanol–water partition coefficient (Wildman–Crippen LogP) is 4.39. The van der Waals surface area contributed by atoms with Crippen LogP contribution in [-0.2, 0) is 13.7 Å². The van der Waals surface area contributed by atoms with E-state index in [1.54, 1.807) is 19.1 Å². The molecule has 0 bridgehead atoms. The predicted molar refractivity (Wildman–Crippen MR) is 112 cm³/mol. The Hall–Kier alpha value is -3.95. The molecule has 1 aromatic heterocycles. The number of hydrogen-bond donors (Lipinski definition) is 0. The monoisotopic (exact) mass is 458 g/mol. The lowest BCUT2D eigenvalue weighted by Crippen LogP contribution is -2.23. The zero-order valence-electron chi connectivity index (χ0n) is 17.9. The van der Waals surface area contributed by atoms with Crippen LogP contribution < -0.4 is 10.4 Å². The van der Waals surface area contributed by atoms with Crippen molar-refractivity contribution >= 4 is 0 Å². The molecule has 0 aliphatic rings. The smallest absolute Gasteiger partial charge is 0.368 e. The van der Waals surface area contributed by atoms with E-state index in [9.17, 15) is 22.4 Å². The Kier molecular flexibility index (Phi) is 5.75. The van der Waals surface area contributed by atoms with Gasteiger partial charge in [0.25, 0.3) is 0 Å². The molecule has 0 N–H and O–H groups in total. The summed E-state index contributed by atoms with van der Waals surface area (Å²) < 4.78 is 63.7. The second-order valence-electron chi connectivity index (χ2n) is 7.48. The highest BCUT2D eigenvalue weighted by atomic mass is 19.2. The zero-order valence-corrected chi connectivity index (χ0v) is 17.9. The highest BCUT2D eigenvalue weighted by molar-refractivity contribution is 5.67. The molecular weight excluding hydrogens is 440 g/mol. The molecule has 4 rings (SSSR count). The quantitative estimate of drug-likeness (QED) is 0.329. The van der Waals surface area contributed by atoms with Crippen LogP contribution in [0, 0.1) is 37.1 Å². The van der Waals surface area contributed by atoms with Crippen LogP contribution in [0.15, 0.2) is 47.3 Å². The fourth-order valence-electron chi connectivity index (χ4n) is 3.48. The van der Waals surface area contributed by atoms with Gasteiger partial charge in [-0.25, -0.2) is 22.4 Å². The molecule has 33 heavy (non-hydrogen) atoms. The number of nitrogens with zero attached hydrogens (tertiary/aromatic N) is 4. The summed E-state index contributed by atoms with van der Waals surface area (Å²) in [5, 5.41) is 7.59. The third-order valence-electron chi connectivity index (χ3n) is 5.28. The maximum atomic E-state index is 14.2. The Morgan fingerprint density at radius 2 is 1.61 bits per heavy atom. The topological polar surface area (TPSA) is 61.9 Å². The number of tetrazole rings is 1. The molecule has 0 fully saturated rings. The van der Waals surface area contributed by atoms with Crippen molar-refractivity contribution in [3.8, 4) is 22.6 Å². The third kappa shape index (κ3) is 3.99. The molecular formula is C23H18F4N4O2. The van der Waals surface area contributed by atoms with Gasteiger partial charge in [0, 0.05) is 18.7 Å². The van der Waals surface area contributed by atoms with Crippen LogP contribution in [0.4, 0.5) is 17.6 Å². The van der Waals surface area contributed by atoms with Crippen molar-refractivity contribution in [3.63, 3.8) is 0 Å². The van der Waals surface area contributed by atoms with Crippen molar-refractivity contribution in [2.45, 2.75) is 20.5 Å². The summed E-state index contributed by atoms with van der Waals surface area (Å²) in [5.74, 6) is -5.51. The molecule has 170 valence electrons. The normalized spacial score (nSPS) is 11.1. The first kappa shape index (κ1) is 22.3. The Morgan fingerprint density at radius 3 is 2.21 bits per heavy atom. The van der Waals surface area contributed by atoms with Gasteiger partial charge in [-0.2, -0.15) is 9.36 Å². The van der Waals surface area contributed by atoms with Gasteiger partial charge in [0.05, 0.1) is 11.3 Å². The van der Waals surface area contributed by atoms with E-state index in [2.05, 4.69) is 10.4 Å². The summed E-state index contributed by atoms with van der Waals surface area (Å²) in [4.78, 5) is 12.3. The van der Waals surface area contributed by atoms with Crippen LogP contribution in [0.5, 0.6) is 5.75 Å². The molecule has 1 heterocycles. The van der Waals surface area contributed by atoms with Crippen LogP contribution in [0.2, 0.25) is 0 Å². The average Bonchev–Trinajstić information content (AvgIpc) is 3.11. The lowest BCUT2D eigenvalue weighted by Gasteiger charge is -2.15. The first-order valence-corrected chi connectivity index (χ1v) is 9.83. The highest BCUT2D eigenvalue weighted by Gasteiger charge is 2.21. The molecule has 0 radical (unpaired) electrons. The molecule has 3 aromatic carbocycles. The molecule has 0 spiro atoms. The van der Waals surface area contributed by atoms with Gasteiger partial charge in [-0.05, 0) is 59.2 Å². The van der Waals surface area contributed by atoms with Crippen molar-refractivity contribution in [2.75, 3.05) is 0 Å². The molecule has 4 aromatic rings. The third-order valence-corrected chi connectivity index (χ3v) is 5.28. The number of hydrogen-bond acceptors (Lipinski definition) is 4. The van der Waals surface area contributed by atoms with E-state index in [0.717, 1.165) is 14.9 Å². The number of rotatable bonds is 5. The van der Waals surface area contributed by atoms with E-state index in [-0.39, 0.29) is 18.2 Å². The van der Waals surface area contributed by atoms with Gasteiger partial charge < -0.3 is 4.74 Å². The minimum Gasteiger partial charge on any atom is -0.489 e. The van der Waals surface area contributed by atoms with Gasteiger partial charge in [-0.15, -0.1) is 0 Å². The van der Waals surface area contributed by atoms with E-state index in [1.807, 2.05) is 13.0 Å². The van der Waals surface area contributed by atoms with E-state index < -0.39 is 34.5 Å².